The number of benzene rings is 1. The van der Waals surface area contributed by atoms with Gasteiger partial charge in [0.15, 0.2) is 0 Å². The molecule has 2 rings (SSSR count). The van der Waals surface area contributed by atoms with E-state index in [0.29, 0.717) is 25.3 Å². The van der Waals surface area contributed by atoms with Crippen LogP contribution < -0.4 is 5.32 Å². The van der Waals surface area contributed by atoms with Crippen molar-refractivity contribution in [3.05, 3.63) is 23.8 Å². The van der Waals surface area contributed by atoms with E-state index in [1.807, 2.05) is 6.92 Å². The first-order chi connectivity index (χ1) is 10.9. The Balaban J connectivity index is 2.09. The van der Waals surface area contributed by atoms with Crippen molar-refractivity contribution in [1.29, 1.82) is 0 Å². The Hall–Kier alpha value is -2.57. The third-order valence-corrected chi connectivity index (χ3v) is 3.65. The number of aromatic hydroxyl groups is 1. The van der Waals surface area contributed by atoms with E-state index in [0.717, 1.165) is 6.42 Å². The van der Waals surface area contributed by atoms with E-state index in [1.54, 1.807) is 11.0 Å². The molecule has 3 amide bonds. The quantitative estimate of drug-likeness (QED) is 0.868. The van der Waals surface area contributed by atoms with Crippen molar-refractivity contribution in [3.63, 3.8) is 0 Å². The second kappa shape index (κ2) is 7.13. The van der Waals surface area contributed by atoms with Gasteiger partial charge in [0.2, 0.25) is 11.8 Å². The molecule has 0 atom stereocenters. The summed E-state index contributed by atoms with van der Waals surface area (Å²) in [5.74, 6) is -0.951. The Morgan fingerprint density at radius 2 is 2.04 bits per heavy atom. The van der Waals surface area contributed by atoms with Crippen LogP contribution in [-0.2, 0) is 9.59 Å². The molecule has 0 unspecified atom stereocenters. The molecule has 7 nitrogen and oxygen atoms in total. The average molecular weight is 319 g/mol. The SMILES string of the molecule is CCCN1CCN(C(=O)c2ccc(NC(C)=O)cc2O)CC1=O. The molecule has 0 bridgehead atoms. The minimum atomic E-state index is -0.388. The van der Waals surface area contributed by atoms with Crippen molar-refractivity contribution < 1.29 is 19.5 Å². The highest BCUT2D eigenvalue weighted by molar-refractivity contribution is 6.00. The molecule has 1 fully saturated rings. The summed E-state index contributed by atoms with van der Waals surface area (Å²) in [4.78, 5) is 38.7. The summed E-state index contributed by atoms with van der Waals surface area (Å²) in [6.07, 6.45) is 0.880. The molecule has 1 aliphatic heterocycles. The number of hydrogen-bond donors (Lipinski definition) is 2. The lowest BCUT2D eigenvalue weighted by Crippen LogP contribution is -2.52. The molecular formula is C16H21N3O4. The van der Waals surface area contributed by atoms with Crippen LogP contribution in [0.2, 0.25) is 0 Å². The molecule has 0 saturated carbocycles. The molecule has 1 aromatic rings. The predicted molar refractivity (Wildman–Crippen MR) is 85.2 cm³/mol. The Labute approximate surface area is 134 Å². The van der Waals surface area contributed by atoms with Crippen molar-refractivity contribution in [2.24, 2.45) is 0 Å². The van der Waals surface area contributed by atoms with Gasteiger partial charge in [-0.15, -0.1) is 0 Å². The number of nitrogens with zero attached hydrogens (tertiary/aromatic N) is 2. The third-order valence-electron chi connectivity index (χ3n) is 3.65. The molecule has 1 saturated heterocycles. The minimum Gasteiger partial charge on any atom is -0.507 e. The van der Waals surface area contributed by atoms with Gasteiger partial charge < -0.3 is 20.2 Å². The van der Waals surface area contributed by atoms with E-state index >= 15 is 0 Å². The largest absolute Gasteiger partial charge is 0.507 e. The van der Waals surface area contributed by atoms with Crippen molar-refractivity contribution >= 4 is 23.4 Å². The van der Waals surface area contributed by atoms with Crippen molar-refractivity contribution in [3.8, 4) is 5.75 Å². The molecule has 1 heterocycles. The van der Waals surface area contributed by atoms with E-state index in [9.17, 15) is 19.5 Å². The van der Waals surface area contributed by atoms with Crippen LogP contribution in [0, 0.1) is 0 Å². The highest BCUT2D eigenvalue weighted by Gasteiger charge is 2.28. The van der Waals surface area contributed by atoms with Gasteiger partial charge in [0, 0.05) is 38.3 Å². The number of hydrogen-bond acceptors (Lipinski definition) is 4. The predicted octanol–water partition coefficient (Wildman–Crippen LogP) is 1.04. The number of rotatable bonds is 4. The molecule has 0 spiro atoms. The summed E-state index contributed by atoms with van der Waals surface area (Å²) in [5, 5.41) is 12.5. The van der Waals surface area contributed by atoms with Crippen LogP contribution in [0.4, 0.5) is 5.69 Å². The number of phenolic OH excluding ortho intramolecular Hbond substituents is 1. The van der Waals surface area contributed by atoms with E-state index < -0.39 is 0 Å². The fourth-order valence-electron chi connectivity index (χ4n) is 2.55. The Kier molecular flexibility index (Phi) is 5.20. The van der Waals surface area contributed by atoms with Gasteiger partial charge in [-0.25, -0.2) is 0 Å². The fourth-order valence-corrected chi connectivity index (χ4v) is 2.55. The van der Waals surface area contributed by atoms with Gasteiger partial charge in [-0.1, -0.05) is 6.92 Å². The van der Waals surface area contributed by atoms with E-state index in [4.69, 9.17) is 0 Å². The maximum Gasteiger partial charge on any atom is 0.258 e. The van der Waals surface area contributed by atoms with Crippen LogP contribution in [0.25, 0.3) is 0 Å². The molecule has 2 N–H and O–H groups in total. The molecule has 124 valence electrons. The van der Waals surface area contributed by atoms with Gasteiger partial charge in [-0.05, 0) is 18.6 Å². The highest BCUT2D eigenvalue weighted by Crippen LogP contribution is 2.24. The van der Waals surface area contributed by atoms with Crippen molar-refractivity contribution in [2.75, 3.05) is 31.5 Å². The van der Waals surface area contributed by atoms with Crippen LogP contribution in [0.15, 0.2) is 18.2 Å². The first-order valence-corrected chi connectivity index (χ1v) is 7.60. The van der Waals surface area contributed by atoms with Crippen LogP contribution >= 0.6 is 0 Å². The second-order valence-electron chi connectivity index (χ2n) is 5.52. The zero-order valence-corrected chi connectivity index (χ0v) is 13.3. The molecule has 23 heavy (non-hydrogen) atoms. The number of carbonyl (C=O) groups is 3. The lowest BCUT2D eigenvalue weighted by atomic mass is 10.1. The fraction of sp³-hybridized carbons (Fsp3) is 0.438. The molecule has 0 aromatic heterocycles. The summed E-state index contributed by atoms with van der Waals surface area (Å²) in [7, 11) is 0. The summed E-state index contributed by atoms with van der Waals surface area (Å²) in [6.45, 7) is 5.01. The molecular weight excluding hydrogens is 298 g/mol. The number of piperazine rings is 1. The van der Waals surface area contributed by atoms with Crippen LogP contribution in [0.5, 0.6) is 5.75 Å². The van der Waals surface area contributed by atoms with E-state index in [-0.39, 0.29) is 35.6 Å². The van der Waals surface area contributed by atoms with E-state index in [1.165, 1.54) is 24.0 Å². The van der Waals surface area contributed by atoms with Gasteiger partial charge >= 0.3 is 0 Å². The number of nitrogens with one attached hydrogen (secondary N) is 1. The molecule has 7 heteroatoms. The highest BCUT2D eigenvalue weighted by atomic mass is 16.3. The summed E-state index contributed by atoms with van der Waals surface area (Å²) in [6, 6.07) is 4.32. The van der Waals surface area contributed by atoms with Crippen LogP contribution in [-0.4, -0.2) is 58.8 Å². The van der Waals surface area contributed by atoms with Gasteiger partial charge in [-0.3, -0.25) is 14.4 Å². The van der Waals surface area contributed by atoms with Gasteiger partial charge in [-0.2, -0.15) is 0 Å². The first-order valence-electron chi connectivity index (χ1n) is 7.60. The third kappa shape index (κ3) is 4.00. The Morgan fingerprint density at radius 1 is 1.30 bits per heavy atom. The maximum absolute atomic E-state index is 12.5. The summed E-state index contributed by atoms with van der Waals surface area (Å²) >= 11 is 0. The van der Waals surface area contributed by atoms with Crippen LogP contribution in [0.1, 0.15) is 30.6 Å². The Bertz CT molecular complexity index is 630. The van der Waals surface area contributed by atoms with Crippen molar-refractivity contribution in [1.82, 2.24) is 9.80 Å². The standard InChI is InChI=1S/C16H21N3O4/c1-3-6-18-7-8-19(10-15(18)22)16(23)13-5-4-12(9-14(13)21)17-11(2)20/h4-5,9,21H,3,6-8,10H2,1-2H3,(H,17,20). The first kappa shape index (κ1) is 16.8. The number of carbonyl (C=O) groups excluding carboxylic acids is 3. The number of phenols is 1. The molecule has 0 aliphatic carbocycles. The van der Waals surface area contributed by atoms with Gasteiger partial charge in [0.1, 0.15) is 12.3 Å². The Morgan fingerprint density at radius 3 is 2.61 bits per heavy atom. The van der Waals surface area contributed by atoms with Gasteiger partial charge in [0.25, 0.3) is 5.91 Å². The smallest absolute Gasteiger partial charge is 0.258 e. The zero-order chi connectivity index (χ0) is 17.0. The second-order valence-corrected chi connectivity index (χ2v) is 5.52. The number of amides is 3. The molecule has 1 aliphatic rings. The molecule has 0 radical (unpaired) electrons. The normalized spacial score (nSPS) is 14.8. The monoisotopic (exact) mass is 319 g/mol. The van der Waals surface area contributed by atoms with Crippen LogP contribution in [0.3, 0.4) is 0 Å². The summed E-state index contributed by atoms with van der Waals surface area (Å²) in [5.41, 5.74) is 0.534. The molecule has 1 aromatic carbocycles. The number of anilines is 1. The summed E-state index contributed by atoms with van der Waals surface area (Å²) < 4.78 is 0. The lowest BCUT2D eigenvalue weighted by molar-refractivity contribution is -0.135. The lowest BCUT2D eigenvalue weighted by Gasteiger charge is -2.34. The van der Waals surface area contributed by atoms with E-state index in [2.05, 4.69) is 5.32 Å². The topological polar surface area (TPSA) is 89.9 Å². The van der Waals surface area contributed by atoms with Crippen molar-refractivity contribution in [2.45, 2.75) is 20.3 Å². The minimum absolute atomic E-state index is 0.0196. The van der Waals surface area contributed by atoms with Gasteiger partial charge in [0.05, 0.1) is 5.56 Å². The zero-order valence-electron chi connectivity index (χ0n) is 13.3. The average Bonchev–Trinajstić information content (AvgIpc) is 2.48. The maximum atomic E-state index is 12.5.